The van der Waals surface area contributed by atoms with Gasteiger partial charge in [0.1, 0.15) is 0 Å². The van der Waals surface area contributed by atoms with Crippen LogP contribution >= 0.6 is 27.5 Å². The van der Waals surface area contributed by atoms with E-state index >= 15 is 0 Å². The van der Waals surface area contributed by atoms with Crippen molar-refractivity contribution in [2.45, 2.75) is 58.9 Å². The second-order valence-corrected chi connectivity index (χ2v) is 8.27. The van der Waals surface area contributed by atoms with Crippen molar-refractivity contribution < 1.29 is 0 Å². The van der Waals surface area contributed by atoms with Gasteiger partial charge in [0, 0.05) is 15.5 Å². The molecule has 0 aliphatic heterocycles. The van der Waals surface area contributed by atoms with Gasteiger partial charge >= 0.3 is 0 Å². The lowest BCUT2D eigenvalue weighted by Gasteiger charge is -2.43. The lowest BCUT2D eigenvalue weighted by Crippen LogP contribution is -2.46. The van der Waals surface area contributed by atoms with Gasteiger partial charge in [0.05, 0.1) is 0 Å². The van der Waals surface area contributed by atoms with Crippen molar-refractivity contribution in [2.24, 2.45) is 11.3 Å². The molecule has 0 bridgehead atoms. The van der Waals surface area contributed by atoms with Gasteiger partial charge in [-0.2, -0.15) is 0 Å². The van der Waals surface area contributed by atoms with Crippen LogP contribution in [0.25, 0.3) is 0 Å². The van der Waals surface area contributed by atoms with Crippen LogP contribution in [-0.4, -0.2) is 12.6 Å². The van der Waals surface area contributed by atoms with Crippen LogP contribution in [0.2, 0.25) is 5.02 Å². The molecule has 21 heavy (non-hydrogen) atoms. The Labute approximate surface area is 143 Å². The summed E-state index contributed by atoms with van der Waals surface area (Å²) in [6, 6.07) is 6.78. The smallest absolute Gasteiger partial charge is 0.0449 e. The van der Waals surface area contributed by atoms with Crippen molar-refractivity contribution in [1.82, 2.24) is 5.32 Å². The lowest BCUT2D eigenvalue weighted by molar-refractivity contribution is 0.0988. The van der Waals surface area contributed by atoms with Crippen LogP contribution in [-0.2, 0) is 6.42 Å². The molecule has 2 atom stereocenters. The molecule has 0 saturated heterocycles. The number of benzene rings is 1. The van der Waals surface area contributed by atoms with Crippen LogP contribution in [0.5, 0.6) is 0 Å². The largest absolute Gasteiger partial charge is 0.314 e. The molecule has 1 N–H and O–H groups in total. The molecule has 3 heteroatoms. The van der Waals surface area contributed by atoms with E-state index in [0.717, 1.165) is 28.4 Å². The molecule has 1 saturated carbocycles. The summed E-state index contributed by atoms with van der Waals surface area (Å²) in [7, 11) is 0. The summed E-state index contributed by atoms with van der Waals surface area (Å²) in [5.41, 5.74) is 1.68. The first-order valence-corrected chi connectivity index (χ1v) is 9.28. The minimum Gasteiger partial charge on any atom is -0.314 e. The number of hydrogen-bond acceptors (Lipinski definition) is 1. The van der Waals surface area contributed by atoms with Crippen LogP contribution in [0.15, 0.2) is 22.7 Å². The molecular formula is C18H27BrClN. The number of halogens is 2. The highest BCUT2D eigenvalue weighted by Gasteiger charge is 2.37. The van der Waals surface area contributed by atoms with E-state index in [1.54, 1.807) is 0 Å². The minimum atomic E-state index is 0.424. The van der Waals surface area contributed by atoms with E-state index in [1.165, 1.54) is 31.2 Å². The minimum absolute atomic E-state index is 0.424. The van der Waals surface area contributed by atoms with Gasteiger partial charge in [-0.3, -0.25) is 0 Å². The first-order valence-electron chi connectivity index (χ1n) is 8.11. The summed E-state index contributed by atoms with van der Waals surface area (Å²) in [6.45, 7) is 8.09. The SMILES string of the molecule is CCNC(Cc1ccc(Br)cc1Cl)C1CCCCC1(C)C. The first-order chi connectivity index (χ1) is 9.94. The fourth-order valence-corrected chi connectivity index (χ4v) is 4.56. The maximum absolute atomic E-state index is 6.43. The fraction of sp³-hybridized carbons (Fsp3) is 0.667. The zero-order chi connectivity index (χ0) is 15.5. The quantitative estimate of drug-likeness (QED) is 0.684. The molecule has 0 heterocycles. The van der Waals surface area contributed by atoms with Crippen molar-refractivity contribution in [3.05, 3.63) is 33.3 Å². The van der Waals surface area contributed by atoms with E-state index in [4.69, 9.17) is 11.6 Å². The van der Waals surface area contributed by atoms with E-state index in [9.17, 15) is 0 Å². The number of hydrogen-bond donors (Lipinski definition) is 1. The monoisotopic (exact) mass is 371 g/mol. The number of nitrogens with one attached hydrogen (secondary N) is 1. The zero-order valence-corrected chi connectivity index (χ0v) is 15.7. The highest BCUT2D eigenvalue weighted by atomic mass is 79.9. The fourth-order valence-electron chi connectivity index (χ4n) is 3.81. The topological polar surface area (TPSA) is 12.0 Å². The molecule has 2 rings (SSSR count). The molecule has 1 nitrogen and oxygen atoms in total. The van der Waals surface area contributed by atoms with Gasteiger partial charge < -0.3 is 5.32 Å². The molecule has 118 valence electrons. The third kappa shape index (κ3) is 4.46. The molecule has 0 radical (unpaired) electrons. The molecule has 1 aromatic carbocycles. The average Bonchev–Trinajstić information content (AvgIpc) is 2.41. The summed E-state index contributed by atoms with van der Waals surface area (Å²) >= 11 is 9.91. The van der Waals surface area contributed by atoms with Gasteiger partial charge in [-0.05, 0) is 54.8 Å². The van der Waals surface area contributed by atoms with Crippen LogP contribution in [0.4, 0.5) is 0 Å². The molecular weight excluding hydrogens is 346 g/mol. The normalized spacial score (nSPS) is 23.0. The highest BCUT2D eigenvalue weighted by Crippen LogP contribution is 2.43. The predicted octanol–water partition coefficient (Wildman–Crippen LogP) is 5.84. The Hall–Kier alpha value is -0.0500. The van der Waals surface area contributed by atoms with Gasteiger partial charge in [-0.15, -0.1) is 0 Å². The highest BCUT2D eigenvalue weighted by molar-refractivity contribution is 9.10. The van der Waals surface area contributed by atoms with Gasteiger partial charge in [-0.25, -0.2) is 0 Å². The lowest BCUT2D eigenvalue weighted by atomic mass is 9.65. The van der Waals surface area contributed by atoms with Crippen molar-refractivity contribution in [3.63, 3.8) is 0 Å². The Balaban J connectivity index is 2.18. The molecule has 1 aliphatic rings. The zero-order valence-electron chi connectivity index (χ0n) is 13.4. The van der Waals surface area contributed by atoms with Crippen molar-refractivity contribution in [2.75, 3.05) is 6.54 Å². The number of rotatable bonds is 5. The molecule has 0 amide bonds. The maximum atomic E-state index is 6.43. The van der Waals surface area contributed by atoms with E-state index in [0.29, 0.717) is 11.5 Å². The Bertz CT molecular complexity index is 472. The third-order valence-corrected chi connectivity index (χ3v) is 5.84. The Morgan fingerprint density at radius 3 is 2.76 bits per heavy atom. The summed E-state index contributed by atoms with van der Waals surface area (Å²) in [6.07, 6.45) is 6.44. The van der Waals surface area contributed by atoms with Crippen LogP contribution in [0, 0.1) is 11.3 Å². The van der Waals surface area contributed by atoms with Gasteiger partial charge in [-0.1, -0.05) is 67.2 Å². The second kappa shape index (κ2) is 7.48. The Kier molecular flexibility index (Phi) is 6.16. The van der Waals surface area contributed by atoms with Gasteiger partial charge in [0.15, 0.2) is 0 Å². The van der Waals surface area contributed by atoms with Crippen molar-refractivity contribution in [3.8, 4) is 0 Å². The summed E-state index contributed by atoms with van der Waals surface area (Å²) < 4.78 is 1.05. The van der Waals surface area contributed by atoms with Crippen molar-refractivity contribution in [1.29, 1.82) is 0 Å². The van der Waals surface area contributed by atoms with E-state index in [2.05, 4.69) is 54.2 Å². The van der Waals surface area contributed by atoms with Gasteiger partial charge in [0.25, 0.3) is 0 Å². The second-order valence-electron chi connectivity index (χ2n) is 6.94. The molecule has 1 fully saturated rings. The van der Waals surface area contributed by atoms with Crippen LogP contribution < -0.4 is 5.32 Å². The average molecular weight is 373 g/mol. The summed E-state index contributed by atoms with van der Waals surface area (Å²) in [4.78, 5) is 0. The molecule has 1 aromatic rings. The molecule has 0 aromatic heterocycles. The third-order valence-electron chi connectivity index (χ3n) is 5.00. The van der Waals surface area contributed by atoms with Crippen LogP contribution in [0.1, 0.15) is 52.0 Å². The van der Waals surface area contributed by atoms with Crippen molar-refractivity contribution >= 4 is 27.5 Å². The van der Waals surface area contributed by atoms with Crippen LogP contribution in [0.3, 0.4) is 0 Å². The predicted molar refractivity (Wildman–Crippen MR) is 96.1 cm³/mol. The standard InChI is InChI=1S/C18H27BrClN/c1-4-21-17(15-7-5-6-10-18(15,2)3)11-13-8-9-14(19)12-16(13)20/h8-9,12,15,17,21H,4-7,10-11H2,1-3H3. The Morgan fingerprint density at radius 2 is 2.14 bits per heavy atom. The maximum Gasteiger partial charge on any atom is 0.0449 e. The number of likely N-dealkylation sites (N-methyl/N-ethyl adjacent to an activating group) is 1. The van der Waals surface area contributed by atoms with E-state index in [1.807, 2.05) is 6.07 Å². The molecule has 1 aliphatic carbocycles. The van der Waals surface area contributed by atoms with Gasteiger partial charge in [0.2, 0.25) is 0 Å². The van der Waals surface area contributed by atoms with E-state index < -0.39 is 0 Å². The van der Waals surface area contributed by atoms with E-state index in [-0.39, 0.29) is 0 Å². The Morgan fingerprint density at radius 1 is 1.38 bits per heavy atom. The summed E-state index contributed by atoms with van der Waals surface area (Å²) in [5.74, 6) is 0.728. The molecule has 2 unspecified atom stereocenters. The molecule has 0 spiro atoms. The summed E-state index contributed by atoms with van der Waals surface area (Å²) in [5, 5.41) is 4.60. The first kappa shape index (κ1) is 17.3.